The van der Waals surface area contributed by atoms with E-state index in [1.54, 1.807) is 20.2 Å². The van der Waals surface area contributed by atoms with Crippen LogP contribution in [0.4, 0.5) is 23.7 Å². The van der Waals surface area contributed by atoms with Crippen LogP contribution in [0.5, 0.6) is 5.75 Å². The van der Waals surface area contributed by atoms with Crippen molar-refractivity contribution in [3.8, 4) is 5.75 Å². The topological polar surface area (TPSA) is 148 Å². The molecule has 1 unspecified atom stereocenters. The zero-order valence-corrected chi connectivity index (χ0v) is 22.4. The standard InChI is InChI=1S/C26H29F3N6O6/c1-34(2)22(36)9-5-4-7-16(32-26(39)40-3)24(37)31-17-8-6-10-35(25(17)38)13-21-30-18-11-15(27)12-19(23(18)33-21)41-14-20(28)29/h5-6,8-12,16,20H,4,7,13-14H2,1-3H3,(H,30,33)(H,31,37)(H,32,39)/b9-5+. The molecule has 12 nitrogen and oxygen atoms in total. The highest BCUT2D eigenvalue weighted by Crippen LogP contribution is 2.26. The van der Waals surface area contributed by atoms with E-state index in [0.29, 0.717) is 0 Å². The molecule has 41 heavy (non-hydrogen) atoms. The largest absolute Gasteiger partial charge is 0.485 e. The van der Waals surface area contributed by atoms with Gasteiger partial charge < -0.3 is 34.6 Å². The zero-order valence-electron chi connectivity index (χ0n) is 22.4. The number of hydrogen-bond acceptors (Lipinski definition) is 7. The van der Waals surface area contributed by atoms with Crippen molar-refractivity contribution in [1.29, 1.82) is 0 Å². The number of rotatable bonds is 12. The predicted octanol–water partition coefficient (Wildman–Crippen LogP) is 2.64. The number of nitrogens with one attached hydrogen (secondary N) is 3. The van der Waals surface area contributed by atoms with E-state index in [4.69, 9.17) is 4.74 Å². The van der Waals surface area contributed by atoms with E-state index in [1.165, 1.54) is 33.9 Å². The lowest BCUT2D eigenvalue weighted by molar-refractivity contribution is -0.123. The Hall–Kier alpha value is -4.82. The maximum Gasteiger partial charge on any atom is 0.407 e. The van der Waals surface area contributed by atoms with Gasteiger partial charge in [0, 0.05) is 26.4 Å². The number of carbonyl (C=O) groups excluding carboxylic acids is 3. The number of likely N-dealkylation sites (N-methyl/N-ethyl adjacent to an activating group) is 1. The van der Waals surface area contributed by atoms with Crippen molar-refractivity contribution in [1.82, 2.24) is 24.8 Å². The minimum absolute atomic E-state index is 0.101. The number of methoxy groups -OCH3 is 1. The number of alkyl halides is 2. The fourth-order valence-corrected chi connectivity index (χ4v) is 3.64. The number of alkyl carbamates (subject to hydrolysis) is 1. The number of anilines is 1. The van der Waals surface area contributed by atoms with E-state index < -0.39 is 42.5 Å². The summed E-state index contributed by atoms with van der Waals surface area (Å²) < 4.78 is 49.9. The Bertz CT molecular complexity index is 1490. The van der Waals surface area contributed by atoms with Gasteiger partial charge in [0.15, 0.2) is 0 Å². The van der Waals surface area contributed by atoms with Gasteiger partial charge in [0.1, 0.15) is 41.2 Å². The summed E-state index contributed by atoms with van der Waals surface area (Å²) >= 11 is 0. The number of nitrogens with zero attached hydrogens (tertiary/aromatic N) is 3. The number of ether oxygens (including phenoxy) is 2. The third-order valence-electron chi connectivity index (χ3n) is 5.65. The minimum atomic E-state index is -2.77. The molecule has 3 N–H and O–H groups in total. The first kappa shape index (κ1) is 30.7. The van der Waals surface area contributed by atoms with Crippen LogP contribution in [-0.2, 0) is 20.9 Å². The Balaban J connectivity index is 1.77. The number of amides is 3. The molecule has 0 saturated heterocycles. The molecule has 0 aliphatic carbocycles. The average molecular weight is 579 g/mol. The molecule has 0 aliphatic rings. The maximum atomic E-state index is 14.0. The first-order chi connectivity index (χ1) is 19.5. The van der Waals surface area contributed by atoms with Crippen molar-refractivity contribution < 1.29 is 37.0 Å². The number of aromatic amines is 1. The molecule has 220 valence electrons. The number of benzene rings is 1. The van der Waals surface area contributed by atoms with Gasteiger partial charge in [0.25, 0.3) is 12.0 Å². The molecule has 2 aromatic heterocycles. The van der Waals surface area contributed by atoms with Gasteiger partial charge in [-0.2, -0.15) is 0 Å². The molecule has 3 rings (SSSR count). The van der Waals surface area contributed by atoms with E-state index in [2.05, 4.69) is 25.3 Å². The monoisotopic (exact) mass is 578 g/mol. The molecule has 3 aromatic rings. The molecule has 0 bridgehead atoms. The molecule has 3 amide bonds. The van der Waals surface area contributed by atoms with Crippen molar-refractivity contribution in [3.05, 3.63) is 64.6 Å². The van der Waals surface area contributed by atoms with Gasteiger partial charge in [-0.05, 0) is 37.1 Å². The van der Waals surface area contributed by atoms with Crippen LogP contribution in [0.1, 0.15) is 18.7 Å². The quantitative estimate of drug-likeness (QED) is 0.280. The minimum Gasteiger partial charge on any atom is -0.485 e. The van der Waals surface area contributed by atoms with Gasteiger partial charge in [-0.25, -0.2) is 22.9 Å². The third-order valence-corrected chi connectivity index (χ3v) is 5.65. The van der Waals surface area contributed by atoms with Gasteiger partial charge in [-0.1, -0.05) is 6.08 Å². The first-order valence-corrected chi connectivity index (χ1v) is 12.3. The van der Waals surface area contributed by atoms with E-state index in [9.17, 15) is 32.3 Å². The van der Waals surface area contributed by atoms with E-state index in [1.807, 2.05) is 0 Å². The van der Waals surface area contributed by atoms with Crippen molar-refractivity contribution in [2.45, 2.75) is 31.9 Å². The zero-order chi connectivity index (χ0) is 30.1. The molecule has 0 saturated carbocycles. The van der Waals surface area contributed by atoms with Crippen LogP contribution in [0.3, 0.4) is 0 Å². The van der Waals surface area contributed by atoms with Crippen LogP contribution < -0.4 is 20.9 Å². The van der Waals surface area contributed by atoms with Gasteiger partial charge >= 0.3 is 6.09 Å². The highest BCUT2D eigenvalue weighted by molar-refractivity contribution is 5.96. The highest BCUT2D eigenvalue weighted by atomic mass is 19.3. The summed E-state index contributed by atoms with van der Waals surface area (Å²) in [6.45, 7) is -1.08. The average Bonchev–Trinajstić information content (AvgIpc) is 3.32. The molecule has 0 spiro atoms. The summed E-state index contributed by atoms with van der Waals surface area (Å²) in [5, 5.41) is 4.89. The summed E-state index contributed by atoms with van der Waals surface area (Å²) in [5.41, 5.74) is -0.428. The number of fused-ring (bicyclic) bond motifs is 1. The van der Waals surface area contributed by atoms with Crippen molar-refractivity contribution in [2.75, 3.05) is 33.1 Å². The fourth-order valence-electron chi connectivity index (χ4n) is 3.64. The third kappa shape index (κ3) is 8.58. The lowest BCUT2D eigenvalue weighted by atomic mass is 10.1. The fraction of sp³-hybridized carbons (Fsp3) is 0.346. The molecule has 0 radical (unpaired) electrons. The lowest BCUT2D eigenvalue weighted by Crippen LogP contribution is -2.44. The summed E-state index contributed by atoms with van der Waals surface area (Å²) in [6.07, 6.45) is 1.05. The summed E-state index contributed by atoms with van der Waals surface area (Å²) in [4.78, 5) is 58.0. The first-order valence-electron chi connectivity index (χ1n) is 12.3. The second kappa shape index (κ2) is 14.0. The molecule has 0 fully saturated rings. The molecule has 1 atom stereocenters. The Morgan fingerprint density at radius 2 is 2.00 bits per heavy atom. The maximum absolute atomic E-state index is 14.0. The number of pyridine rings is 1. The summed E-state index contributed by atoms with van der Waals surface area (Å²) in [7, 11) is 4.31. The molecular formula is C26H29F3N6O6. The second-order valence-electron chi connectivity index (χ2n) is 8.93. The number of allylic oxidation sites excluding steroid dienone is 1. The number of hydrogen-bond donors (Lipinski definition) is 3. The van der Waals surface area contributed by atoms with E-state index in [0.717, 1.165) is 19.2 Å². The number of halogens is 3. The SMILES string of the molecule is COC(=O)NC(CC/C=C/C(=O)N(C)C)C(=O)Nc1cccn(Cc2nc3c(OCC(F)F)cc(F)cc3[nH]2)c1=O. The molecule has 2 heterocycles. The van der Waals surface area contributed by atoms with Crippen molar-refractivity contribution in [3.63, 3.8) is 0 Å². The van der Waals surface area contributed by atoms with Gasteiger partial charge in [0.05, 0.1) is 19.2 Å². The Labute approximate surface area is 232 Å². The predicted molar refractivity (Wildman–Crippen MR) is 142 cm³/mol. The molecular weight excluding hydrogens is 549 g/mol. The van der Waals surface area contributed by atoms with Crippen LogP contribution in [0, 0.1) is 5.82 Å². The Morgan fingerprint density at radius 1 is 1.24 bits per heavy atom. The molecule has 15 heteroatoms. The van der Waals surface area contributed by atoms with Gasteiger partial charge in [0.2, 0.25) is 11.8 Å². The second-order valence-corrected chi connectivity index (χ2v) is 8.93. The number of H-pyrrole nitrogens is 1. The van der Waals surface area contributed by atoms with E-state index in [-0.39, 0.29) is 53.6 Å². The summed E-state index contributed by atoms with van der Waals surface area (Å²) in [6, 6.07) is 3.82. The van der Waals surface area contributed by atoms with Crippen LogP contribution in [0.15, 0.2) is 47.4 Å². The van der Waals surface area contributed by atoms with Crippen LogP contribution in [-0.4, -0.2) is 77.6 Å². The lowest BCUT2D eigenvalue weighted by Gasteiger charge is -2.17. The Morgan fingerprint density at radius 3 is 2.68 bits per heavy atom. The highest BCUT2D eigenvalue weighted by Gasteiger charge is 2.22. The van der Waals surface area contributed by atoms with Gasteiger partial charge in [-0.15, -0.1) is 0 Å². The van der Waals surface area contributed by atoms with Crippen LogP contribution >= 0.6 is 0 Å². The van der Waals surface area contributed by atoms with E-state index >= 15 is 0 Å². The molecule has 0 aliphatic heterocycles. The number of imidazole rings is 1. The van der Waals surface area contributed by atoms with Gasteiger partial charge in [-0.3, -0.25) is 14.4 Å². The van der Waals surface area contributed by atoms with Crippen molar-refractivity contribution >= 4 is 34.6 Å². The van der Waals surface area contributed by atoms with Crippen LogP contribution in [0.2, 0.25) is 0 Å². The smallest absolute Gasteiger partial charge is 0.407 e. The van der Waals surface area contributed by atoms with Crippen LogP contribution in [0.25, 0.3) is 11.0 Å². The Kier molecular flexibility index (Phi) is 10.5. The molecule has 1 aromatic carbocycles. The number of aromatic nitrogens is 3. The van der Waals surface area contributed by atoms with Crippen molar-refractivity contribution in [2.24, 2.45) is 0 Å². The number of carbonyl (C=O) groups is 3. The normalized spacial score (nSPS) is 12.0. The summed E-state index contributed by atoms with van der Waals surface area (Å²) in [5.74, 6) is -1.65.